The number of aryl methyl sites for hydroxylation is 1. The molecule has 0 aliphatic carbocycles. The van der Waals surface area contributed by atoms with Gasteiger partial charge in [0.2, 0.25) is 5.95 Å². The SMILES string of the molecule is Cc1cn(-c2cc(Nc3ccc(C(=O)NNc4ncc(F)c(-c5cccnc5)n4)nc3)cc(C(F)(F)F)c2)cn1. The molecule has 40 heavy (non-hydrogen) atoms. The van der Waals surface area contributed by atoms with Crippen LogP contribution in [-0.4, -0.2) is 35.4 Å². The first kappa shape index (κ1) is 26.2. The fourth-order valence-electron chi connectivity index (χ4n) is 3.64. The maximum absolute atomic E-state index is 14.2. The number of hydrogen-bond donors (Lipinski definition) is 3. The molecule has 5 rings (SSSR count). The number of hydrazine groups is 1. The molecule has 0 fully saturated rings. The molecule has 1 amide bonds. The maximum Gasteiger partial charge on any atom is 0.416 e. The number of imidazole rings is 1. The van der Waals surface area contributed by atoms with Gasteiger partial charge in [0.1, 0.15) is 11.4 Å². The van der Waals surface area contributed by atoms with E-state index in [0.717, 1.165) is 18.3 Å². The number of halogens is 4. The van der Waals surface area contributed by atoms with Crippen molar-refractivity contribution >= 4 is 23.2 Å². The summed E-state index contributed by atoms with van der Waals surface area (Å²) in [4.78, 5) is 32.4. The van der Waals surface area contributed by atoms with E-state index in [-0.39, 0.29) is 28.7 Å². The van der Waals surface area contributed by atoms with Gasteiger partial charge in [-0.3, -0.25) is 20.6 Å². The van der Waals surface area contributed by atoms with Gasteiger partial charge in [0, 0.05) is 35.5 Å². The Labute approximate surface area is 224 Å². The number of rotatable bonds is 7. The number of pyridine rings is 2. The largest absolute Gasteiger partial charge is 0.416 e. The standard InChI is InChI=1S/C26H19F4N9O/c1-15-13-39(14-34-15)20-8-17(26(28,29)30)7-19(9-20)35-18-4-5-22(32-11-18)24(40)37-38-25-33-12-21(27)23(36-25)16-3-2-6-31-10-16/h2-14,35H,1H3,(H,37,40)(H,33,36,38). The molecule has 0 saturated carbocycles. The number of anilines is 3. The van der Waals surface area contributed by atoms with Gasteiger partial charge in [-0.2, -0.15) is 13.2 Å². The van der Waals surface area contributed by atoms with Crippen molar-refractivity contribution in [1.82, 2.24) is 34.9 Å². The van der Waals surface area contributed by atoms with E-state index in [1.807, 2.05) is 0 Å². The van der Waals surface area contributed by atoms with Crippen molar-refractivity contribution in [2.24, 2.45) is 0 Å². The van der Waals surface area contributed by atoms with Crippen molar-refractivity contribution in [2.45, 2.75) is 13.1 Å². The Morgan fingerprint density at radius 2 is 1.82 bits per heavy atom. The second-order valence-corrected chi connectivity index (χ2v) is 8.46. The third-order valence-electron chi connectivity index (χ3n) is 5.51. The quantitative estimate of drug-likeness (QED) is 0.190. The molecule has 3 N–H and O–H groups in total. The lowest BCUT2D eigenvalue weighted by Crippen LogP contribution is -2.31. The number of hydrogen-bond acceptors (Lipinski definition) is 8. The number of nitrogens with zero attached hydrogens (tertiary/aromatic N) is 6. The molecule has 0 aliphatic heterocycles. The predicted octanol–water partition coefficient (Wildman–Crippen LogP) is 5.09. The van der Waals surface area contributed by atoms with Crippen LogP contribution in [0.4, 0.5) is 34.9 Å². The smallest absolute Gasteiger partial charge is 0.354 e. The normalized spacial score (nSPS) is 11.2. The summed E-state index contributed by atoms with van der Waals surface area (Å²) in [5.74, 6) is -1.39. The van der Waals surface area contributed by atoms with Gasteiger partial charge < -0.3 is 9.88 Å². The zero-order valence-corrected chi connectivity index (χ0v) is 20.6. The lowest BCUT2D eigenvalue weighted by atomic mass is 10.1. The molecule has 4 aromatic heterocycles. The first-order valence-electron chi connectivity index (χ1n) is 11.6. The van der Waals surface area contributed by atoms with Gasteiger partial charge in [-0.1, -0.05) is 0 Å². The number of carbonyl (C=O) groups is 1. The summed E-state index contributed by atoms with van der Waals surface area (Å²) in [7, 11) is 0. The van der Waals surface area contributed by atoms with Gasteiger partial charge in [0.25, 0.3) is 5.91 Å². The van der Waals surface area contributed by atoms with Gasteiger partial charge in [-0.15, -0.1) is 0 Å². The summed E-state index contributed by atoms with van der Waals surface area (Å²) in [5, 5.41) is 2.88. The minimum atomic E-state index is -4.57. The highest BCUT2D eigenvalue weighted by Crippen LogP contribution is 2.34. The summed E-state index contributed by atoms with van der Waals surface area (Å²) in [6, 6.07) is 9.64. The molecule has 0 radical (unpaired) electrons. The van der Waals surface area contributed by atoms with Crippen LogP contribution < -0.4 is 16.2 Å². The third kappa shape index (κ3) is 6.01. The molecule has 1 aromatic carbocycles. The van der Waals surface area contributed by atoms with E-state index in [1.165, 1.54) is 47.7 Å². The van der Waals surface area contributed by atoms with E-state index in [1.54, 1.807) is 25.3 Å². The number of nitrogens with one attached hydrogen (secondary N) is 3. The van der Waals surface area contributed by atoms with E-state index in [2.05, 4.69) is 41.1 Å². The van der Waals surface area contributed by atoms with Crippen LogP contribution in [0.2, 0.25) is 0 Å². The molecule has 0 saturated heterocycles. The molecule has 10 nitrogen and oxygen atoms in total. The van der Waals surface area contributed by atoms with Crippen LogP contribution >= 0.6 is 0 Å². The maximum atomic E-state index is 14.2. The van der Waals surface area contributed by atoms with Crippen molar-refractivity contribution in [1.29, 1.82) is 0 Å². The molecule has 0 spiro atoms. The summed E-state index contributed by atoms with van der Waals surface area (Å²) < 4.78 is 56.2. The van der Waals surface area contributed by atoms with Crippen LogP contribution in [0.3, 0.4) is 0 Å². The zero-order valence-electron chi connectivity index (χ0n) is 20.6. The van der Waals surface area contributed by atoms with Crippen molar-refractivity contribution in [3.05, 3.63) is 103 Å². The van der Waals surface area contributed by atoms with Crippen molar-refractivity contribution in [2.75, 3.05) is 10.7 Å². The molecule has 14 heteroatoms. The van der Waals surface area contributed by atoms with Crippen molar-refractivity contribution < 1.29 is 22.4 Å². The summed E-state index contributed by atoms with van der Waals surface area (Å²) in [5.41, 5.74) is 5.86. The Bertz CT molecular complexity index is 1660. The highest BCUT2D eigenvalue weighted by molar-refractivity contribution is 5.93. The van der Waals surface area contributed by atoms with E-state index in [9.17, 15) is 22.4 Å². The summed E-state index contributed by atoms with van der Waals surface area (Å²) in [6.07, 6.45) is 3.69. The number of aromatic nitrogens is 6. The molecule has 0 unspecified atom stereocenters. The summed E-state index contributed by atoms with van der Waals surface area (Å²) in [6.45, 7) is 1.73. The van der Waals surface area contributed by atoms with E-state index in [0.29, 0.717) is 16.9 Å². The predicted molar refractivity (Wildman–Crippen MR) is 137 cm³/mol. The molecule has 4 heterocycles. The number of amides is 1. The monoisotopic (exact) mass is 549 g/mol. The fraction of sp³-hybridized carbons (Fsp3) is 0.0769. The van der Waals surface area contributed by atoms with Gasteiger partial charge >= 0.3 is 6.18 Å². The molecule has 5 aromatic rings. The van der Waals surface area contributed by atoms with Gasteiger partial charge in [0.05, 0.1) is 35.7 Å². The Morgan fingerprint density at radius 3 is 2.50 bits per heavy atom. The highest BCUT2D eigenvalue weighted by atomic mass is 19.4. The van der Waals surface area contributed by atoms with Crippen LogP contribution in [0.15, 0.2) is 79.8 Å². The summed E-state index contributed by atoms with van der Waals surface area (Å²) >= 11 is 0. The fourth-order valence-corrected chi connectivity index (χ4v) is 3.64. The van der Waals surface area contributed by atoms with Crippen molar-refractivity contribution in [3.8, 4) is 16.9 Å². The van der Waals surface area contributed by atoms with Crippen LogP contribution in [0.25, 0.3) is 16.9 Å². The molecule has 202 valence electrons. The molecule has 0 atom stereocenters. The topological polar surface area (TPSA) is 123 Å². The Hall–Kier alpha value is -5.40. The van der Waals surface area contributed by atoms with Crippen molar-refractivity contribution in [3.63, 3.8) is 0 Å². The van der Waals surface area contributed by atoms with Gasteiger partial charge in [-0.25, -0.2) is 24.3 Å². The zero-order chi connectivity index (χ0) is 28.3. The van der Waals surface area contributed by atoms with E-state index < -0.39 is 23.5 Å². The molecular weight excluding hydrogens is 530 g/mol. The first-order chi connectivity index (χ1) is 19.2. The number of benzene rings is 1. The number of alkyl halides is 3. The lowest BCUT2D eigenvalue weighted by Gasteiger charge is -2.14. The molecular formula is C26H19F4N9O. The number of carbonyl (C=O) groups excluding carboxylic acids is 1. The Morgan fingerprint density at radius 1 is 0.975 bits per heavy atom. The Balaban J connectivity index is 1.28. The third-order valence-corrected chi connectivity index (χ3v) is 5.51. The first-order valence-corrected chi connectivity index (χ1v) is 11.6. The van der Waals surface area contributed by atoms with Gasteiger partial charge in [-0.05, 0) is 49.4 Å². The minimum absolute atomic E-state index is 0.00526. The second-order valence-electron chi connectivity index (χ2n) is 8.46. The van der Waals surface area contributed by atoms with Crippen LogP contribution in [-0.2, 0) is 6.18 Å². The van der Waals surface area contributed by atoms with E-state index in [4.69, 9.17) is 0 Å². The average molecular weight is 549 g/mol. The van der Waals surface area contributed by atoms with Crippen LogP contribution in [0.5, 0.6) is 0 Å². The van der Waals surface area contributed by atoms with Gasteiger partial charge in [0.15, 0.2) is 5.82 Å². The average Bonchev–Trinajstić information content (AvgIpc) is 3.39. The second kappa shape index (κ2) is 10.8. The van der Waals surface area contributed by atoms with Crippen LogP contribution in [0.1, 0.15) is 21.7 Å². The van der Waals surface area contributed by atoms with Crippen LogP contribution in [0, 0.1) is 12.7 Å². The minimum Gasteiger partial charge on any atom is -0.354 e. The molecule has 0 bridgehead atoms. The Kier molecular flexibility index (Phi) is 7.05. The lowest BCUT2D eigenvalue weighted by molar-refractivity contribution is -0.137. The molecule has 0 aliphatic rings. The highest BCUT2D eigenvalue weighted by Gasteiger charge is 2.31. The van der Waals surface area contributed by atoms with E-state index >= 15 is 0 Å².